The number of aromatic nitrogens is 3. The summed E-state index contributed by atoms with van der Waals surface area (Å²) in [5, 5.41) is 7.96. The van der Waals surface area contributed by atoms with Crippen LogP contribution in [0.1, 0.15) is 32.1 Å². The van der Waals surface area contributed by atoms with Crippen LogP contribution in [-0.2, 0) is 0 Å². The van der Waals surface area contributed by atoms with Crippen molar-refractivity contribution in [1.82, 2.24) is 15.0 Å². The van der Waals surface area contributed by atoms with Gasteiger partial charge in [-0.2, -0.15) is 0 Å². The van der Waals surface area contributed by atoms with Crippen molar-refractivity contribution < 1.29 is 14.0 Å². The molecule has 4 aromatic rings. The Morgan fingerprint density at radius 3 is 2.00 bits per heavy atom. The second kappa shape index (κ2) is 6.06. The Hall–Kier alpha value is -3.93. The van der Waals surface area contributed by atoms with Gasteiger partial charge in [-0.15, -0.1) is 5.10 Å². The average molecular weight is 369 g/mol. The summed E-state index contributed by atoms with van der Waals surface area (Å²) < 4.78 is 15.4. The van der Waals surface area contributed by atoms with Crippen LogP contribution in [0.5, 0.6) is 0 Å². The molecule has 28 heavy (non-hydrogen) atoms. The van der Waals surface area contributed by atoms with Crippen molar-refractivity contribution in [2.75, 3.05) is 0 Å². The van der Waals surface area contributed by atoms with E-state index in [1.165, 1.54) is 10.7 Å². The topological polar surface area (TPSA) is 64.8 Å². The highest BCUT2D eigenvalue weighted by atomic mass is 19.1. The predicted molar refractivity (Wildman–Crippen MR) is 100 cm³/mol. The van der Waals surface area contributed by atoms with Gasteiger partial charge in [-0.3, -0.25) is 9.59 Å². The first-order valence-corrected chi connectivity index (χ1v) is 8.64. The van der Waals surface area contributed by atoms with Crippen LogP contribution in [0.2, 0.25) is 0 Å². The van der Waals surface area contributed by atoms with E-state index in [1.54, 1.807) is 66.7 Å². The van der Waals surface area contributed by atoms with Gasteiger partial charge < -0.3 is 0 Å². The quantitative estimate of drug-likeness (QED) is 0.474. The summed E-state index contributed by atoms with van der Waals surface area (Å²) in [6.45, 7) is 0. The zero-order valence-corrected chi connectivity index (χ0v) is 14.5. The number of nitrogens with zero attached hydrogens (tertiary/aromatic N) is 3. The minimum absolute atomic E-state index is 0.0434. The molecule has 3 aromatic carbocycles. The highest BCUT2D eigenvalue weighted by Crippen LogP contribution is 2.28. The lowest BCUT2D eigenvalue weighted by molar-refractivity contribution is 0.0972. The highest BCUT2D eigenvalue weighted by Gasteiger charge is 2.35. The third-order valence-electron chi connectivity index (χ3n) is 4.81. The Morgan fingerprint density at radius 2 is 1.32 bits per heavy atom. The van der Waals surface area contributed by atoms with Gasteiger partial charge in [0.25, 0.3) is 0 Å². The van der Waals surface area contributed by atoms with Crippen molar-refractivity contribution in [3.8, 4) is 16.8 Å². The van der Waals surface area contributed by atoms with Gasteiger partial charge in [0.15, 0.2) is 5.69 Å². The zero-order valence-electron chi connectivity index (χ0n) is 14.5. The molecular formula is C22H12FN3O2. The number of hydrogen-bond acceptors (Lipinski definition) is 4. The fourth-order valence-corrected chi connectivity index (χ4v) is 3.43. The molecule has 0 bridgehead atoms. The highest BCUT2D eigenvalue weighted by molar-refractivity contribution is 6.27. The maximum atomic E-state index is 14.0. The van der Waals surface area contributed by atoms with E-state index in [1.807, 2.05) is 0 Å². The van der Waals surface area contributed by atoms with E-state index in [0.29, 0.717) is 27.9 Å². The zero-order chi connectivity index (χ0) is 19.3. The number of carbonyl (C=O) groups excluding carboxylic acids is 2. The van der Waals surface area contributed by atoms with Crippen LogP contribution in [0.3, 0.4) is 0 Å². The molecule has 5 rings (SSSR count). The van der Waals surface area contributed by atoms with Gasteiger partial charge >= 0.3 is 0 Å². The van der Waals surface area contributed by atoms with Gasteiger partial charge in [0.1, 0.15) is 11.5 Å². The second-order valence-electron chi connectivity index (χ2n) is 6.43. The standard InChI is InChI=1S/C22H12FN3O2/c23-18-8-4-3-5-15(18)13-9-11-14(12-10-13)26-20-19(24-25-26)21(27)16-6-1-2-7-17(16)22(20)28/h1-12H. The van der Waals surface area contributed by atoms with Crippen LogP contribution in [0.25, 0.3) is 16.8 Å². The van der Waals surface area contributed by atoms with Gasteiger partial charge in [-0.05, 0) is 23.8 Å². The van der Waals surface area contributed by atoms with E-state index in [2.05, 4.69) is 10.3 Å². The lowest BCUT2D eigenvalue weighted by Crippen LogP contribution is -2.22. The summed E-state index contributed by atoms with van der Waals surface area (Å²) in [5.41, 5.74) is 2.60. The molecule has 1 aliphatic rings. The van der Waals surface area contributed by atoms with Gasteiger partial charge in [-0.1, -0.05) is 59.8 Å². The molecule has 1 heterocycles. The van der Waals surface area contributed by atoms with Crippen LogP contribution >= 0.6 is 0 Å². The fraction of sp³-hybridized carbons (Fsp3) is 0. The Kier molecular flexibility index (Phi) is 3.52. The van der Waals surface area contributed by atoms with E-state index in [0.717, 1.165) is 0 Å². The summed E-state index contributed by atoms with van der Waals surface area (Å²) in [6, 6.07) is 20.1. The van der Waals surface area contributed by atoms with Crippen molar-refractivity contribution in [2.45, 2.75) is 0 Å². The first kappa shape index (κ1) is 16.3. The molecule has 0 N–H and O–H groups in total. The molecular weight excluding hydrogens is 357 g/mol. The molecule has 0 radical (unpaired) electrons. The Balaban J connectivity index is 1.59. The third kappa shape index (κ3) is 2.31. The van der Waals surface area contributed by atoms with Crippen LogP contribution in [0.15, 0.2) is 72.8 Å². The third-order valence-corrected chi connectivity index (χ3v) is 4.81. The number of hydrogen-bond donors (Lipinski definition) is 0. The number of rotatable bonds is 2. The van der Waals surface area contributed by atoms with Crippen molar-refractivity contribution in [3.05, 3.63) is 101 Å². The molecule has 134 valence electrons. The van der Waals surface area contributed by atoms with Gasteiger partial charge in [-0.25, -0.2) is 9.07 Å². The maximum Gasteiger partial charge on any atom is 0.216 e. The molecule has 1 aliphatic carbocycles. The molecule has 0 saturated heterocycles. The Bertz CT molecular complexity index is 1260. The number of carbonyl (C=O) groups is 2. The van der Waals surface area contributed by atoms with Crippen molar-refractivity contribution in [2.24, 2.45) is 0 Å². The van der Waals surface area contributed by atoms with Crippen LogP contribution in [0.4, 0.5) is 4.39 Å². The minimum Gasteiger partial charge on any atom is -0.287 e. The molecule has 0 atom stereocenters. The average Bonchev–Trinajstić information content (AvgIpc) is 3.18. The molecule has 0 fully saturated rings. The van der Waals surface area contributed by atoms with Crippen LogP contribution < -0.4 is 0 Å². The molecule has 0 unspecified atom stereocenters. The number of halogens is 1. The van der Waals surface area contributed by atoms with Gasteiger partial charge in [0.2, 0.25) is 11.6 Å². The summed E-state index contributed by atoms with van der Waals surface area (Å²) in [5.74, 6) is -0.932. The maximum absolute atomic E-state index is 14.0. The van der Waals surface area contributed by atoms with E-state index in [9.17, 15) is 14.0 Å². The lowest BCUT2D eigenvalue weighted by Gasteiger charge is -2.14. The molecule has 1 aromatic heterocycles. The van der Waals surface area contributed by atoms with E-state index < -0.39 is 0 Å². The summed E-state index contributed by atoms with van der Waals surface area (Å²) in [4.78, 5) is 25.6. The predicted octanol–water partition coefficient (Wildman–Crippen LogP) is 3.85. The first-order valence-electron chi connectivity index (χ1n) is 8.64. The normalized spacial score (nSPS) is 12.6. The lowest BCUT2D eigenvalue weighted by atomic mass is 9.90. The number of ketones is 2. The number of fused-ring (bicyclic) bond motifs is 2. The van der Waals surface area contributed by atoms with Crippen LogP contribution in [0, 0.1) is 5.82 Å². The molecule has 5 nitrogen and oxygen atoms in total. The van der Waals surface area contributed by atoms with Crippen molar-refractivity contribution in [1.29, 1.82) is 0 Å². The minimum atomic E-state index is -0.320. The molecule has 0 saturated carbocycles. The van der Waals surface area contributed by atoms with E-state index in [-0.39, 0.29) is 28.8 Å². The van der Waals surface area contributed by atoms with Crippen molar-refractivity contribution in [3.63, 3.8) is 0 Å². The smallest absolute Gasteiger partial charge is 0.216 e. The second-order valence-corrected chi connectivity index (χ2v) is 6.43. The SMILES string of the molecule is O=C1c2ccccc2C(=O)c2c1nnn2-c1ccc(-c2ccccc2F)cc1. The van der Waals surface area contributed by atoms with Crippen molar-refractivity contribution >= 4 is 11.6 Å². The van der Waals surface area contributed by atoms with E-state index in [4.69, 9.17) is 0 Å². The number of benzene rings is 3. The Morgan fingerprint density at radius 1 is 0.714 bits per heavy atom. The van der Waals surface area contributed by atoms with E-state index >= 15 is 0 Å². The Labute approximate surface area is 159 Å². The summed E-state index contributed by atoms with van der Waals surface area (Å²) in [6.07, 6.45) is 0. The molecule has 0 amide bonds. The first-order chi connectivity index (χ1) is 13.6. The van der Waals surface area contributed by atoms with Gasteiger partial charge in [0, 0.05) is 16.7 Å². The summed E-state index contributed by atoms with van der Waals surface area (Å²) in [7, 11) is 0. The fourth-order valence-electron chi connectivity index (χ4n) is 3.43. The monoisotopic (exact) mass is 369 g/mol. The molecule has 0 aliphatic heterocycles. The van der Waals surface area contributed by atoms with Crippen LogP contribution in [-0.4, -0.2) is 26.6 Å². The molecule has 0 spiro atoms. The molecule has 6 heteroatoms. The summed E-state index contributed by atoms with van der Waals surface area (Å²) >= 11 is 0. The largest absolute Gasteiger partial charge is 0.287 e. The van der Waals surface area contributed by atoms with Gasteiger partial charge in [0.05, 0.1) is 5.69 Å².